The van der Waals surface area contributed by atoms with Crippen molar-refractivity contribution in [3.05, 3.63) is 113 Å². The van der Waals surface area contributed by atoms with Gasteiger partial charge in [0.1, 0.15) is 5.75 Å². The number of benzene rings is 3. The molecule has 1 aliphatic heterocycles. The molecule has 3 aromatic carbocycles. The maximum Gasteiger partial charge on any atom is 0.229 e. The van der Waals surface area contributed by atoms with Gasteiger partial charge in [-0.25, -0.2) is 4.98 Å². The van der Waals surface area contributed by atoms with Crippen LogP contribution in [0.3, 0.4) is 0 Å². The Balaban J connectivity index is 1.44. The van der Waals surface area contributed by atoms with Crippen molar-refractivity contribution in [1.29, 1.82) is 0 Å². The van der Waals surface area contributed by atoms with E-state index >= 15 is 0 Å². The highest BCUT2D eigenvalue weighted by molar-refractivity contribution is 5.79. The van der Waals surface area contributed by atoms with Gasteiger partial charge in [0.15, 0.2) is 0 Å². The zero-order chi connectivity index (χ0) is 24.9. The van der Waals surface area contributed by atoms with E-state index in [9.17, 15) is 4.79 Å². The number of rotatable bonds is 7. The number of aromatic nitrogens is 2. The van der Waals surface area contributed by atoms with Crippen LogP contribution in [-0.4, -0.2) is 34.4 Å². The summed E-state index contributed by atoms with van der Waals surface area (Å²) in [6.07, 6.45) is 1.04. The maximum atomic E-state index is 13.1. The molecule has 0 aliphatic carbocycles. The number of hydrogen-bond donors (Lipinski definition) is 0. The predicted molar refractivity (Wildman–Crippen MR) is 141 cm³/mol. The first-order valence-electron chi connectivity index (χ1n) is 12.3. The highest BCUT2D eigenvalue weighted by Crippen LogP contribution is 2.32. The number of aryl methyl sites for hydroxylation is 1. The number of carbonyl (C=O) groups is 1. The molecule has 182 valence electrons. The van der Waals surface area contributed by atoms with Gasteiger partial charge in [0.25, 0.3) is 0 Å². The van der Waals surface area contributed by atoms with Gasteiger partial charge >= 0.3 is 0 Å². The van der Waals surface area contributed by atoms with E-state index < -0.39 is 0 Å². The standard InChI is InChI=1S/C30H30N4O2/c1-22-10-9-15-25(18-22)36-29-26-21-34(28(35)19-23-11-5-3-6-12-23)17-16-27(26)31-30(32-29)33(2)20-24-13-7-4-8-14-24/h3-15,18H,16-17,19-21H2,1-2H3. The summed E-state index contributed by atoms with van der Waals surface area (Å²) in [5, 5.41) is 0. The van der Waals surface area contributed by atoms with E-state index in [-0.39, 0.29) is 5.91 Å². The van der Waals surface area contributed by atoms with E-state index in [2.05, 4.69) is 12.1 Å². The van der Waals surface area contributed by atoms with Crippen molar-refractivity contribution in [2.75, 3.05) is 18.5 Å². The van der Waals surface area contributed by atoms with Crippen LogP contribution in [0.15, 0.2) is 84.9 Å². The maximum absolute atomic E-state index is 13.1. The van der Waals surface area contributed by atoms with Crippen LogP contribution in [-0.2, 0) is 30.7 Å². The van der Waals surface area contributed by atoms with Gasteiger partial charge in [0.05, 0.1) is 24.2 Å². The summed E-state index contributed by atoms with van der Waals surface area (Å²) in [4.78, 5) is 26.8. The van der Waals surface area contributed by atoms with Crippen molar-refractivity contribution in [2.24, 2.45) is 0 Å². The number of hydrogen-bond acceptors (Lipinski definition) is 5. The monoisotopic (exact) mass is 478 g/mol. The van der Waals surface area contributed by atoms with Gasteiger partial charge in [-0.05, 0) is 35.7 Å². The Kier molecular flexibility index (Phi) is 6.94. The van der Waals surface area contributed by atoms with Crippen LogP contribution in [0.4, 0.5) is 5.95 Å². The molecule has 1 aromatic heterocycles. The summed E-state index contributed by atoms with van der Waals surface area (Å²) in [7, 11) is 1.99. The van der Waals surface area contributed by atoms with E-state index in [4.69, 9.17) is 14.7 Å². The molecule has 4 aromatic rings. The summed E-state index contributed by atoms with van der Waals surface area (Å²) in [6.45, 7) is 3.78. The Labute approximate surface area is 212 Å². The second-order valence-electron chi connectivity index (χ2n) is 9.24. The second-order valence-corrected chi connectivity index (χ2v) is 9.24. The second kappa shape index (κ2) is 10.6. The summed E-state index contributed by atoms with van der Waals surface area (Å²) < 4.78 is 6.33. The first-order valence-corrected chi connectivity index (χ1v) is 12.3. The van der Waals surface area contributed by atoms with Crippen molar-refractivity contribution in [1.82, 2.24) is 14.9 Å². The Morgan fingerprint density at radius 1 is 0.944 bits per heavy atom. The smallest absolute Gasteiger partial charge is 0.229 e. The number of nitrogens with zero attached hydrogens (tertiary/aromatic N) is 4. The molecule has 0 unspecified atom stereocenters. The minimum atomic E-state index is 0.0960. The molecular weight excluding hydrogens is 448 g/mol. The highest BCUT2D eigenvalue weighted by atomic mass is 16.5. The van der Waals surface area contributed by atoms with E-state index in [1.54, 1.807) is 0 Å². The van der Waals surface area contributed by atoms with Gasteiger partial charge < -0.3 is 14.5 Å². The molecule has 5 rings (SSSR count). The van der Waals surface area contributed by atoms with Gasteiger partial charge in [-0.3, -0.25) is 4.79 Å². The number of anilines is 1. The van der Waals surface area contributed by atoms with Crippen molar-refractivity contribution in [3.63, 3.8) is 0 Å². The number of ether oxygens (including phenoxy) is 1. The van der Waals surface area contributed by atoms with Crippen LogP contribution in [0.25, 0.3) is 0 Å². The van der Waals surface area contributed by atoms with Crippen LogP contribution >= 0.6 is 0 Å². The van der Waals surface area contributed by atoms with Gasteiger partial charge in [-0.2, -0.15) is 4.98 Å². The van der Waals surface area contributed by atoms with Crippen LogP contribution in [0.2, 0.25) is 0 Å². The van der Waals surface area contributed by atoms with E-state index in [1.807, 2.05) is 96.6 Å². The topological polar surface area (TPSA) is 58.6 Å². The molecule has 6 nitrogen and oxygen atoms in total. The first-order chi connectivity index (χ1) is 17.5. The lowest BCUT2D eigenvalue weighted by Gasteiger charge is -2.30. The quantitative estimate of drug-likeness (QED) is 0.359. The van der Waals surface area contributed by atoms with Crippen molar-refractivity contribution in [2.45, 2.75) is 32.9 Å². The molecule has 1 amide bonds. The van der Waals surface area contributed by atoms with Crippen molar-refractivity contribution in [3.8, 4) is 11.6 Å². The van der Waals surface area contributed by atoms with Crippen LogP contribution < -0.4 is 9.64 Å². The first kappa shape index (κ1) is 23.5. The third kappa shape index (κ3) is 5.54. The summed E-state index contributed by atoms with van der Waals surface area (Å²) >= 11 is 0. The van der Waals surface area contributed by atoms with Crippen LogP contribution in [0.1, 0.15) is 27.9 Å². The number of fused-ring (bicyclic) bond motifs is 1. The Hall–Kier alpha value is -4.19. The Morgan fingerprint density at radius 3 is 2.39 bits per heavy atom. The van der Waals surface area contributed by atoms with Crippen molar-refractivity contribution < 1.29 is 9.53 Å². The van der Waals surface area contributed by atoms with Gasteiger partial charge in [0, 0.05) is 26.6 Å². The Morgan fingerprint density at radius 2 is 1.67 bits per heavy atom. The lowest BCUT2D eigenvalue weighted by molar-refractivity contribution is -0.131. The minimum absolute atomic E-state index is 0.0960. The summed E-state index contributed by atoms with van der Waals surface area (Å²) in [6, 6.07) is 28.0. The average Bonchev–Trinajstić information content (AvgIpc) is 2.89. The lowest BCUT2D eigenvalue weighted by Crippen LogP contribution is -2.38. The summed E-state index contributed by atoms with van der Waals surface area (Å²) in [5.74, 6) is 1.95. The van der Waals surface area contributed by atoms with E-state index in [0.717, 1.165) is 28.1 Å². The molecule has 0 radical (unpaired) electrons. The van der Waals surface area contributed by atoms with E-state index in [1.165, 1.54) is 5.56 Å². The largest absolute Gasteiger partial charge is 0.438 e. The summed E-state index contributed by atoms with van der Waals surface area (Å²) in [5.41, 5.74) is 5.11. The van der Waals surface area contributed by atoms with Gasteiger partial charge in [-0.15, -0.1) is 0 Å². The van der Waals surface area contributed by atoms with Crippen LogP contribution in [0.5, 0.6) is 11.6 Å². The van der Waals surface area contributed by atoms with Crippen LogP contribution in [0, 0.1) is 6.92 Å². The highest BCUT2D eigenvalue weighted by Gasteiger charge is 2.27. The molecule has 0 saturated carbocycles. The molecule has 0 fully saturated rings. The Bertz CT molecular complexity index is 1340. The zero-order valence-electron chi connectivity index (χ0n) is 20.7. The van der Waals surface area contributed by atoms with Gasteiger partial charge in [0.2, 0.25) is 17.7 Å². The predicted octanol–water partition coefficient (Wildman–Crippen LogP) is 5.34. The molecule has 36 heavy (non-hydrogen) atoms. The lowest BCUT2D eigenvalue weighted by atomic mass is 10.0. The average molecular weight is 479 g/mol. The molecule has 0 saturated heterocycles. The van der Waals surface area contributed by atoms with Crippen molar-refractivity contribution >= 4 is 11.9 Å². The minimum Gasteiger partial charge on any atom is -0.438 e. The third-order valence-corrected chi connectivity index (χ3v) is 6.37. The van der Waals surface area contributed by atoms with E-state index in [0.29, 0.717) is 44.3 Å². The molecule has 0 atom stereocenters. The molecule has 0 spiro atoms. The fourth-order valence-corrected chi connectivity index (χ4v) is 4.44. The number of carbonyl (C=O) groups excluding carboxylic acids is 1. The molecule has 0 bridgehead atoms. The SMILES string of the molecule is Cc1cccc(Oc2nc(N(C)Cc3ccccc3)nc3c2CN(C(=O)Cc2ccccc2)CC3)c1. The molecule has 1 aliphatic rings. The normalized spacial score (nSPS) is 12.7. The number of amides is 1. The molecular formula is C30H30N4O2. The van der Waals surface area contributed by atoms with Gasteiger partial charge in [-0.1, -0.05) is 72.8 Å². The zero-order valence-corrected chi connectivity index (χ0v) is 20.7. The fourth-order valence-electron chi connectivity index (χ4n) is 4.44. The molecule has 0 N–H and O–H groups in total. The molecule has 2 heterocycles. The molecule has 6 heteroatoms. The third-order valence-electron chi connectivity index (χ3n) is 6.37. The fraction of sp³-hybridized carbons (Fsp3) is 0.233.